The lowest BCUT2D eigenvalue weighted by Crippen LogP contribution is -1.85. The van der Waals surface area contributed by atoms with Gasteiger partial charge in [-0.3, -0.25) is 4.79 Å². The van der Waals surface area contributed by atoms with Crippen LogP contribution in [0.4, 0.5) is 0 Å². The third-order valence-corrected chi connectivity index (χ3v) is 5.42. The summed E-state index contributed by atoms with van der Waals surface area (Å²) in [7, 11) is 0. The molecular formula is C19H17NOS2. The van der Waals surface area contributed by atoms with Gasteiger partial charge >= 0.3 is 0 Å². The van der Waals surface area contributed by atoms with Gasteiger partial charge in [0.25, 0.3) is 0 Å². The molecular weight excluding hydrogens is 322 g/mol. The van der Waals surface area contributed by atoms with Crippen molar-refractivity contribution in [2.75, 3.05) is 0 Å². The summed E-state index contributed by atoms with van der Waals surface area (Å²) >= 11 is 3.53. The maximum absolute atomic E-state index is 10.7. The first-order valence-corrected chi connectivity index (χ1v) is 9.14. The first-order chi connectivity index (χ1) is 11.2. The minimum atomic E-state index is 0.588. The number of hydrogen-bond acceptors (Lipinski definition) is 4. The van der Waals surface area contributed by atoms with Crippen LogP contribution in [-0.2, 0) is 0 Å². The van der Waals surface area contributed by atoms with Gasteiger partial charge in [-0.05, 0) is 17.7 Å². The molecule has 0 saturated carbocycles. The van der Waals surface area contributed by atoms with Gasteiger partial charge in [-0.25, -0.2) is 4.98 Å². The van der Waals surface area contributed by atoms with E-state index in [2.05, 4.69) is 43.1 Å². The first-order valence-electron chi connectivity index (χ1n) is 7.44. The SMILES string of the molecule is CC(C)Sc1ccc(-c2cnc(-c3ccc(C=O)cc3)s2)cc1. The summed E-state index contributed by atoms with van der Waals surface area (Å²) in [6, 6.07) is 16.2. The highest BCUT2D eigenvalue weighted by molar-refractivity contribution is 7.99. The van der Waals surface area contributed by atoms with Gasteiger partial charge in [0.15, 0.2) is 0 Å². The van der Waals surface area contributed by atoms with Gasteiger partial charge in [-0.2, -0.15) is 0 Å². The van der Waals surface area contributed by atoms with Crippen LogP contribution in [-0.4, -0.2) is 16.5 Å². The zero-order chi connectivity index (χ0) is 16.2. The van der Waals surface area contributed by atoms with Gasteiger partial charge in [0.05, 0.1) is 4.88 Å². The van der Waals surface area contributed by atoms with Crippen molar-refractivity contribution in [2.45, 2.75) is 24.0 Å². The summed E-state index contributed by atoms with van der Waals surface area (Å²) in [6.45, 7) is 4.40. The summed E-state index contributed by atoms with van der Waals surface area (Å²) < 4.78 is 0. The summed E-state index contributed by atoms with van der Waals surface area (Å²) in [5, 5.41) is 1.56. The molecule has 0 atom stereocenters. The van der Waals surface area contributed by atoms with E-state index in [-0.39, 0.29) is 0 Å². The number of thioether (sulfide) groups is 1. The summed E-state index contributed by atoms with van der Waals surface area (Å²) in [5.41, 5.74) is 2.91. The van der Waals surface area contributed by atoms with E-state index in [0.717, 1.165) is 21.7 Å². The molecule has 2 nitrogen and oxygen atoms in total. The highest BCUT2D eigenvalue weighted by Crippen LogP contribution is 2.33. The van der Waals surface area contributed by atoms with Crippen molar-refractivity contribution < 1.29 is 4.79 Å². The number of thiazole rings is 1. The zero-order valence-electron chi connectivity index (χ0n) is 13.0. The maximum Gasteiger partial charge on any atom is 0.150 e. The fourth-order valence-electron chi connectivity index (χ4n) is 2.22. The molecule has 0 amide bonds. The highest BCUT2D eigenvalue weighted by atomic mass is 32.2. The average Bonchev–Trinajstić information content (AvgIpc) is 3.05. The van der Waals surface area contributed by atoms with Gasteiger partial charge in [0, 0.05) is 27.5 Å². The van der Waals surface area contributed by atoms with Crippen molar-refractivity contribution in [2.24, 2.45) is 0 Å². The van der Waals surface area contributed by atoms with Gasteiger partial charge in [-0.1, -0.05) is 50.2 Å². The second kappa shape index (κ2) is 7.11. The zero-order valence-corrected chi connectivity index (χ0v) is 14.7. The molecule has 0 bridgehead atoms. The van der Waals surface area contributed by atoms with Crippen molar-refractivity contribution >= 4 is 29.4 Å². The van der Waals surface area contributed by atoms with Crippen molar-refractivity contribution in [1.82, 2.24) is 4.98 Å². The van der Waals surface area contributed by atoms with Crippen molar-refractivity contribution in [1.29, 1.82) is 0 Å². The minimum Gasteiger partial charge on any atom is -0.298 e. The molecule has 0 aliphatic carbocycles. The molecule has 0 fully saturated rings. The molecule has 0 N–H and O–H groups in total. The first kappa shape index (κ1) is 16.0. The molecule has 3 rings (SSSR count). The largest absolute Gasteiger partial charge is 0.298 e. The molecule has 1 aromatic heterocycles. The van der Waals surface area contributed by atoms with Crippen molar-refractivity contribution in [3.05, 3.63) is 60.3 Å². The molecule has 0 spiro atoms. The molecule has 0 saturated heterocycles. The Labute approximate surface area is 144 Å². The number of rotatable bonds is 5. The normalized spacial score (nSPS) is 10.9. The van der Waals surface area contributed by atoms with Gasteiger partial charge in [0.1, 0.15) is 11.3 Å². The number of benzene rings is 2. The van der Waals surface area contributed by atoms with E-state index in [9.17, 15) is 4.79 Å². The predicted molar refractivity (Wildman–Crippen MR) is 99.4 cm³/mol. The number of carbonyl (C=O) groups is 1. The summed E-state index contributed by atoms with van der Waals surface area (Å²) in [5.74, 6) is 0. The van der Waals surface area contributed by atoms with E-state index < -0.39 is 0 Å². The molecule has 0 aliphatic heterocycles. The fourth-order valence-corrected chi connectivity index (χ4v) is 3.98. The van der Waals surface area contributed by atoms with Gasteiger partial charge < -0.3 is 0 Å². The molecule has 1 heterocycles. The predicted octanol–water partition coefficient (Wildman–Crippen LogP) is 5.79. The molecule has 3 aromatic rings. The Balaban J connectivity index is 1.81. The monoisotopic (exact) mass is 339 g/mol. The van der Waals surface area contributed by atoms with Crippen LogP contribution >= 0.6 is 23.1 Å². The highest BCUT2D eigenvalue weighted by Gasteiger charge is 2.07. The number of aromatic nitrogens is 1. The van der Waals surface area contributed by atoms with Crippen molar-refractivity contribution in [3.63, 3.8) is 0 Å². The van der Waals surface area contributed by atoms with Gasteiger partial charge in [-0.15, -0.1) is 23.1 Å². The van der Waals surface area contributed by atoms with Crippen LogP contribution in [0.15, 0.2) is 59.6 Å². The van der Waals surface area contributed by atoms with E-state index in [1.807, 2.05) is 42.2 Å². The van der Waals surface area contributed by atoms with Crippen LogP contribution in [0.5, 0.6) is 0 Å². The maximum atomic E-state index is 10.7. The van der Waals surface area contributed by atoms with Gasteiger partial charge in [0.2, 0.25) is 0 Å². The number of aldehydes is 1. The Morgan fingerprint density at radius 2 is 1.65 bits per heavy atom. The Morgan fingerprint density at radius 1 is 1.00 bits per heavy atom. The molecule has 0 radical (unpaired) electrons. The fraction of sp³-hybridized carbons (Fsp3) is 0.158. The van der Waals surface area contributed by atoms with E-state index in [4.69, 9.17) is 0 Å². The van der Waals surface area contributed by atoms with Crippen LogP contribution in [0.1, 0.15) is 24.2 Å². The Hall–Kier alpha value is -1.91. The molecule has 23 heavy (non-hydrogen) atoms. The van der Waals surface area contributed by atoms with E-state index >= 15 is 0 Å². The molecule has 2 aromatic carbocycles. The number of nitrogens with zero attached hydrogens (tertiary/aromatic N) is 1. The Bertz CT molecular complexity index is 789. The lowest BCUT2D eigenvalue weighted by molar-refractivity contribution is 0.112. The summed E-state index contributed by atoms with van der Waals surface area (Å²) in [4.78, 5) is 17.7. The smallest absolute Gasteiger partial charge is 0.150 e. The molecule has 4 heteroatoms. The lowest BCUT2D eigenvalue weighted by atomic mass is 10.1. The van der Waals surface area contributed by atoms with Crippen LogP contribution in [0.25, 0.3) is 21.0 Å². The molecule has 0 aliphatic rings. The van der Waals surface area contributed by atoms with Crippen LogP contribution in [0.3, 0.4) is 0 Å². The summed E-state index contributed by atoms with van der Waals surface area (Å²) in [6.07, 6.45) is 2.77. The Morgan fingerprint density at radius 3 is 2.26 bits per heavy atom. The third-order valence-electron chi connectivity index (χ3n) is 3.31. The van der Waals surface area contributed by atoms with Crippen LogP contribution in [0, 0.1) is 0 Å². The second-order valence-corrected chi connectivity index (χ2v) is 8.14. The van der Waals surface area contributed by atoms with E-state index in [1.165, 1.54) is 10.5 Å². The molecule has 0 unspecified atom stereocenters. The lowest BCUT2D eigenvalue weighted by Gasteiger charge is -2.05. The average molecular weight is 339 g/mol. The van der Waals surface area contributed by atoms with Crippen molar-refractivity contribution in [3.8, 4) is 21.0 Å². The molecule has 116 valence electrons. The third kappa shape index (κ3) is 3.89. The number of hydrogen-bond donors (Lipinski definition) is 0. The van der Waals surface area contributed by atoms with E-state index in [0.29, 0.717) is 10.8 Å². The van der Waals surface area contributed by atoms with Crippen LogP contribution < -0.4 is 0 Å². The second-order valence-electron chi connectivity index (χ2n) is 5.46. The van der Waals surface area contributed by atoms with E-state index in [1.54, 1.807) is 11.3 Å². The van der Waals surface area contributed by atoms with Crippen LogP contribution in [0.2, 0.25) is 0 Å². The Kier molecular flexibility index (Phi) is 4.94. The quantitative estimate of drug-likeness (QED) is 0.435. The minimum absolute atomic E-state index is 0.588. The standard InChI is InChI=1S/C19H17NOS2/c1-13(2)22-17-9-7-15(8-10-17)18-11-20-19(23-18)16-5-3-14(12-21)4-6-16/h3-13H,1-2H3. The topological polar surface area (TPSA) is 30.0 Å². The number of carbonyl (C=O) groups excluding carboxylic acids is 1.